The zero-order valence-corrected chi connectivity index (χ0v) is 23.0. The maximum Gasteiger partial charge on any atom is 0.258 e. The third kappa shape index (κ3) is 7.23. The number of nitrogens with zero attached hydrogens (tertiary/aromatic N) is 3. The summed E-state index contributed by atoms with van der Waals surface area (Å²) in [5.41, 5.74) is 0.864. The van der Waals surface area contributed by atoms with Crippen molar-refractivity contribution in [1.29, 1.82) is 0 Å². The van der Waals surface area contributed by atoms with Crippen molar-refractivity contribution in [3.8, 4) is 11.5 Å². The van der Waals surface area contributed by atoms with Crippen LogP contribution in [0.2, 0.25) is 0 Å². The van der Waals surface area contributed by atoms with Gasteiger partial charge in [0, 0.05) is 31.6 Å². The second kappa shape index (κ2) is 14.2. The van der Waals surface area contributed by atoms with Gasteiger partial charge in [0.1, 0.15) is 24.7 Å². The molecule has 2 aromatic carbocycles. The number of fused-ring (bicyclic) bond motifs is 3. The molecule has 1 aromatic heterocycles. The van der Waals surface area contributed by atoms with Gasteiger partial charge in [-0.05, 0) is 87.6 Å². The zero-order chi connectivity index (χ0) is 25.9. The predicted octanol–water partition coefficient (Wildman–Crippen LogP) is 5.69. The summed E-state index contributed by atoms with van der Waals surface area (Å²) in [5.74, 6) is 1.55. The molecule has 3 aromatic rings. The van der Waals surface area contributed by atoms with E-state index < -0.39 is 0 Å². The van der Waals surface area contributed by atoms with Crippen molar-refractivity contribution in [2.75, 3.05) is 52.5 Å². The number of hydrogen-bond acceptors (Lipinski definition) is 5. The van der Waals surface area contributed by atoms with Gasteiger partial charge in [-0.1, -0.05) is 27.7 Å². The number of hydrogen-bond donors (Lipinski definition) is 0. The molecule has 0 aliphatic rings. The van der Waals surface area contributed by atoms with Gasteiger partial charge in [0.15, 0.2) is 0 Å². The van der Waals surface area contributed by atoms with Crippen molar-refractivity contribution in [2.24, 2.45) is 7.05 Å². The molecular formula is C30H45N3O3. The molecule has 3 rings (SSSR count). The Kier molecular flexibility index (Phi) is 11.1. The lowest BCUT2D eigenvalue weighted by Gasteiger charge is -2.21. The summed E-state index contributed by atoms with van der Waals surface area (Å²) in [4.78, 5) is 18.1. The van der Waals surface area contributed by atoms with E-state index in [-0.39, 0.29) is 5.56 Å². The number of aromatic nitrogens is 1. The third-order valence-electron chi connectivity index (χ3n) is 6.66. The summed E-state index contributed by atoms with van der Waals surface area (Å²) < 4.78 is 13.8. The first-order chi connectivity index (χ1) is 17.5. The maximum absolute atomic E-state index is 13.3. The Morgan fingerprint density at radius 1 is 0.639 bits per heavy atom. The molecule has 0 N–H and O–H groups in total. The molecule has 0 aliphatic heterocycles. The van der Waals surface area contributed by atoms with E-state index in [4.69, 9.17) is 9.47 Å². The van der Waals surface area contributed by atoms with E-state index in [1.54, 1.807) is 4.57 Å². The first kappa shape index (κ1) is 28.0. The number of ether oxygens (including phenoxy) is 2. The highest BCUT2D eigenvalue weighted by atomic mass is 16.5. The van der Waals surface area contributed by atoms with Crippen LogP contribution in [0.5, 0.6) is 11.5 Å². The summed E-state index contributed by atoms with van der Waals surface area (Å²) in [5, 5.41) is 2.68. The molecular weight excluding hydrogens is 450 g/mol. The molecule has 198 valence electrons. The van der Waals surface area contributed by atoms with Crippen LogP contribution < -0.4 is 15.0 Å². The minimum atomic E-state index is -0.0178. The summed E-state index contributed by atoms with van der Waals surface area (Å²) in [6.07, 6.45) is 4.58. The van der Waals surface area contributed by atoms with Gasteiger partial charge in [-0.25, -0.2) is 0 Å². The lowest BCUT2D eigenvalue weighted by Crippen LogP contribution is -2.30. The average Bonchev–Trinajstić information content (AvgIpc) is 2.88. The van der Waals surface area contributed by atoms with Crippen LogP contribution in [0.15, 0.2) is 41.2 Å². The number of rotatable bonds is 16. The monoisotopic (exact) mass is 495 g/mol. The van der Waals surface area contributed by atoms with Crippen LogP contribution in [0.4, 0.5) is 0 Å². The zero-order valence-electron chi connectivity index (χ0n) is 23.0. The van der Waals surface area contributed by atoms with Crippen LogP contribution in [0.1, 0.15) is 53.4 Å². The molecule has 6 heteroatoms. The molecule has 0 atom stereocenters. The molecule has 0 bridgehead atoms. The summed E-state index contributed by atoms with van der Waals surface area (Å²) in [7, 11) is 1.83. The fourth-order valence-electron chi connectivity index (χ4n) is 4.94. The van der Waals surface area contributed by atoms with Gasteiger partial charge in [0.25, 0.3) is 5.56 Å². The van der Waals surface area contributed by atoms with E-state index in [9.17, 15) is 4.79 Å². The molecule has 6 nitrogen and oxygen atoms in total. The Hall–Kier alpha value is -2.57. The molecule has 0 radical (unpaired) electrons. The minimum Gasteiger partial charge on any atom is -0.492 e. The predicted molar refractivity (Wildman–Crippen MR) is 152 cm³/mol. The third-order valence-corrected chi connectivity index (χ3v) is 6.66. The van der Waals surface area contributed by atoms with E-state index >= 15 is 0 Å². The van der Waals surface area contributed by atoms with Crippen molar-refractivity contribution in [3.05, 3.63) is 46.8 Å². The summed E-state index contributed by atoms with van der Waals surface area (Å²) >= 11 is 0. The second-order valence-electron chi connectivity index (χ2n) is 9.63. The maximum atomic E-state index is 13.3. The smallest absolute Gasteiger partial charge is 0.258 e. The number of pyridine rings is 1. The minimum absolute atomic E-state index is 0.0178. The van der Waals surface area contributed by atoms with E-state index in [1.807, 2.05) is 37.4 Å². The molecule has 0 fully saturated rings. The molecule has 0 saturated heterocycles. The first-order valence-electron chi connectivity index (χ1n) is 13.8. The van der Waals surface area contributed by atoms with E-state index in [0.29, 0.717) is 18.6 Å². The molecule has 0 spiro atoms. The van der Waals surface area contributed by atoms with E-state index in [0.717, 1.165) is 92.7 Å². The lowest BCUT2D eigenvalue weighted by atomic mass is 10.1. The van der Waals surface area contributed by atoms with Crippen molar-refractivity contribution in [1.82, 2.24) is 14.4 Å². The van der Waals surface area contributed by atoms with Crippen LogP contribution in [0.3, 0.4) is 0 Å². The largest absolute Gasteiger partial charge is 0.492 e. The lowest BCUT2D eigenvalue weighted by molar-refractivity contribution is 0.209. The van der Waals surface area contributed by atoms with Gasteiger partial charge >= 0.3 is 0 Å². The molecule has 36 heavy (non-hydrogen) atoms. The molecule has 0 saturated carbocycles. The van der Waals surface area contributed by atoms with E-state index in [1.165, 1.54) is 0 Å². The Balaban J connectivity index is 1.75. The second-order valence-corrected chi connectivity index (χ2v) is 9.63. The highest BCUT2D eigenvalue weighted by Crippen LogP contribution is 2.28. The van der Waals surface area contributed by atoms with Crippen molar-refractivity contribution >= 4 is 21.7 Å². The van der Waals surface area contributed by atoms with Gasteiger partial charge in [-0.2, -0.15) is 0 Å². The van der Waals surface area contributed by atoms with E-state index in [2.05, 4.69) is 43.6 Å². The van der Waals surface area contributed by atoms with Crippen molar-refractivity contribution in [2.45, 2.75) is 53.4 Å². The van der Waals surface area contributed by atoms with Crippen LogP contribution in [-0.2, 0) is 7.05 Å². The van der Waals surface area contributed by atoms with Crippen LogP contribution in [0, 0.1) is 0 Å². The highest BCUT2D eigenvalue weighted by Gasteiger charge is 2.12. The Morgan fingerprint density at radius 3 is 1.61 bits per heavy atom. The Labute approximate surface area is 216 Å². The quantitative estimate of drug-likeness (QED) is 0.239. The molecule has 1 heterocycles. The standard InChI is InChI=1S/C30H45N3O3/c1-6-14-32(15-7-2)18-20-35-24-10-12-26-27-13-11-25(36-21-19-33(16-8-3)17-9-4)23-29(27)31(5)30(34)28(26)22-24/h10-13,22-23H,6-9,14-21H2,1-5H3. The van der Waals surface area contributed by atoms with Crippen molar-refractivity contribution < 1.29 is 9.47 Å². The van der Waals surface area contributed by atoms with Gasteiger partial charge in [0.05, 0.1) is 10.9 Å². The molecule has 0 unspecified atom stereocenters. The molecule has 0 amide bonds. The van der Waals surface area contributed by atoms with Crippen LogP contribution in [-0.4, -0.2) is 66.8 Å². The van der Waals surface area contributed by atoms with Gasteiger partial charge in [-0.15, -0.1) is 0 Å². The Bertz CT molecular complexity index is 1150. The average molecular weight is 496 g/mol. The summed E-state index contributed by atoms with van der Waals surface area (Å²) in [6.45, 7) is 16.3. The van der Waals surface area contributed by atoms with Gasteiger partial charge in [-0.3, -0.25) is 14.6 Å². The topological polar surface area (TPSA) is 46.9 Å². The first-order valence-corrected chi connectivity index (χ1v) is 13.8. The van der Waals surface area contributed by atoms with Crippen LogP contribution in [0.25, 0.3) is 21.7 Å². The SMILES string of the molecule is CCCN(CCC)CCOc1ccc2c(c1)c(=O)n(C)c1cc(OCCN(CCC)CCC)ccc21. The molecule has 0 aliphatic carbocycles. The van der Waals surface area contributed by atoms with Crippen molar-refractivity contribution in [3.63, 3.8) is 0 Å². The fourth-order valence-corrected chi connectivity index (χ4v) is 4.94. The Morgan fingerprint density at radius 2 is 1.11 bits per heavy atom. The van der Waals surface area contributed by atoms with Crippen LogP contribution >= 0.6 is 0 Å². The highest BCUT2D eigenvalue weighted by molar-refractivity contribution is 6.06. The number of benzene rings is 2. The fraction of sp³-hybridized carbons (Fsp3) is 0.567. The van der Waals surface area contributed by atoms with Gasteiger partial charge < -0.3 is 14.0 Å². The number of aryl methyl sites for hydroxylation is 1. The summed E-state index contributed by atoms with van der Waals surface area (Å²) in [6, 6.07) is 11.9. The normalized spacial score (nSPS) is 11.8. The van der Waals surface area contributed by atoms with Gasteiger partial charge in [0.2, 0.25) is 0 Å².